The highest BCUT2D eigenvalue weighted by Crippen LogP contribution is 2.26. The Hall–Kier alpha value is -2.86. The smallest absolute Gasteiger partial charge is 0.311 e. The van der Waals surface area contributed by atoms with Crippen molar-refractivity contribution in [2.45, 2.75) is 20.3 Å². The molecule has 146 valence electrons. The Labute approximate surface area is 168 Å². The van der Waals surface area contributed by atoms with Crippen LogP contribution in [-0.2, 0) is 19.1 Å². The number of nitrogens with zero attached hydrogens (tertiary/aromatic N) is 1. The van der Waals surface area contributed by atoms with Gasteiger partial charge in [-0.3, -0.25) is 14.4 Å². The van der Waals surface area contributed by atoms with E-state index in [-0.39, 0.29) is 18.9 Å². The molecule has 1 heterocycles. The van der Waals surface area contributed by atoms with Crippen molar-refractivity contribution in [3.8, 4) is 0 Å². The number of halogens is 1. The number of aryl methyl sites for hydroxylation is 2. The lowest BCUT2D eigenvalue weighted by Gasteiger charge is -2.17. The van der Waals surface area contributed by atoms with Gasteiger partial charge in [0.2, 0.25) is 5.91 Å². The van der Waals surface area contributed by atoms with Crippen molar-refractivity contribution in [2.75, 3.05) is 23.4 Å². The highest BCUT2D eigenvalue weighted by Gasteiger charge is 2.36. The van der Waals surface area contributed by atoms with Gasteiger partial charge in [-0.2, -0.15) is 0 Å². The summed E-state index contributed by atoms with van der Waals surface area (Å²) in [7, 11) is 0. The summed E-state index contributed by atoms with van der Waals surface area (Å²) in [5.41, 5.74) is 3.21. The minimum atomic E-state index is -0.588. The number of carbonyl (C=O) groups is 3. The Morgan fingerprint density at radius 1 is 1.21 bits per heavy atom. The Kier molecular flexibility index (Phi) is 5.99. The number of nitrogens with one attached hydrogen (secondary N) is 1. The van der Waals surface area contributed by atoms with Gasteiger partial charge < -0.3 is 15.0 Å². The first-order valence-electron chi connectivity index (χ1n) is 8.93. The molecule has 0 aromatic heterocycles. The molecule has 0 unspecified atom stereocenters. The van der Waals surface area contributed by atoms with E-state index >= 15 is 0 Å². The molecule has 0 bridgehead atoms. The second-order valence-corrected chi connectivity index (χ2v) is 7.27. The highest BCUT2D eigenvalue weighted by molar-refractivity contribution is 6.31. The minimum Gasteiger partial charge on any atom is -0.455 e. The number of ether oxygens (including phenoxy) is 1. The lowest BCUT2D eigenvalue weighted by Crippen LogP contribution is -2.28. The van der Waals surface area contributed by atoms with Gasteiger partial charge in [0.05, 0.1) is 5.92 Å². The first kappa shape index (κ1) is 19.9. The number of hydrogen-bond acceptors (Lipinski definition) is 4. The lowest BCUT2D eigenvalue weighted by atomic mass is 10.1. The first-order chi connectivity index (χ1) is 13.3. The van der Waals surface area contributed by atoms with Crippen LogP contribution in [0.2, 0.25) is 5.02 Å². The quantitative estimate of drug-likeness (QED) is 0.779. The highest BCUT2D eigenvalue weighted by atomic mass is 35.5. The number of esters is 1. The molecule has 2 amide bonds. The summed E-state index contributed by atoms with van der Waals surface area (Å²) < 4.78 is 5.11. The molecule has 1 aliphatic heterocycles. The van der Waals surface area contributed by atoms with Crippen LogP contribution in [0.4, 0.5) is 11.4 Å². The third kappa shape index (κ3) is 4.70. The molecule has 1 saturated heterocycles. The van der Waals surface area contributed by atoms with E-state index in [1.807, 2.05) is 38.1 Å². The van der Waals surface area contributed by atoms with Crippen LogP contribution in [0, 0.1) is 19.8 Å². The van der Waals surface area contributed by atoms with Gasteiger partial charge in [-0.05, 0) is 49.2 Å². The monoisotopic (exact) mass is 400 g/mol. The number of carbonyl (C=O) groups excluding carboxylic acids is 3. The van der Waals surface area contributed by atoms with Crippen molar-refractivity contribution >= 4 is 40.8 Å². The second kappa shape index (κ2) is 8.44. The van der Waals surface area contributed by atoms with Crippen LogP contribution in [0.1, 0.15) is 17.5 Å². The molecule has 3 rings (SSSR count). The molecule has 1 atom stereocenters. The maximum atomic E-state index is 12.3. The standard InChI is InChI=1S/C21H21ClN2O4/c1-13-4-3-5-17(8-13)24-11-15(9-20(24)26)21(27)28-12-19(25)23-16-7-6-14(2)18(22)10-16/h3-8,10,15H,9,11-12H2,1-2H3,(H,23,25)/t15-/m0/s1. The third-order valence-electron chi connectivity index (χ3n) is 4.57. The summed E-state index contributed by atoms with van der Waals surface area (Å²) in [6.07, 6.45) is 0.0714. The normalized spacial score (nSPS) is 16.2. The van der Waals surface area contributed by atoms with E-state index < -0.39 is 24.4 Å². The maximum Gasteiger partial charge on any atom is 0.311 e. The predicted octanol–water partition coefficient (Wildman–Crippen LogP) is 3.49. The largest absolute Gasteiger partial charge is 0.455 e. The zero-order valence-corrected chi connectivity index (χ0v) is 16.5. The number of hydrogen-bond donors (Lipinski definition) is 1. The van der Waals surface area contributed by atoms with E-state index in [2.05, 4.69) is 5.32 Å². The Morgan fingerprint density at radius 3 is 2.71 bits per heavy atom. The molecule has 0 spiro atoms. The molecule has 7 heteroatoms. The molecule has 0 saturated carbocycles. The van der Waals surface area contributed by atoms with Crippen LogP contribution in [0.5, 0.6) is 0 Å². The zero-order valence-electron chi connectivity index (χ0n) is 15.7. The minimum absolute atomic E-state index is 0.0714. The van der Waals surface area contributed by atoms with Crippen LogP contribution >= 0.6 is 11.6 Å². The van der Waals surface area contributed by atoms with Gasteiger partial charge >= 0.3 is 5.97 Å². The van der Waals surface area contributed by atoms with Gasteiger partial charge in [-0.15, -0.1) is 0 Å². The molecule has 0 radical (unpaired) electrons. The van der Waals surface area contributed by atoms with Crippen LogP contribution in [0.25, 0.3) is 0 Å². The molecule has 28 heavy (non-hydrogen) atoms. The van der Waals surface area contributed by atoms with Crippen LogP contribution < -0.4 is 10.2 Å². The van der Waals surface area contributed by atoms with E-state index in [9.17, 15) is 14.4 Å². The average Bonchev–Trinajstić information content (AvgIpc) is 3.05. The fourth-order valence-electron chi connectivity index (χ4n) is 3.03. The van der Waals surface area contributed by atoms with E-state index in [0.29, 0.717) is 10.7 Å². The van der Waals surface area contributed by atoms with Crippen molar-refractivity contribution in [1.29, 1.82) is 0 Å². The summed E-state index contributed by atoms with van der Waals surface area (Å²) in [5.74, 6) is -1.74. The Bertz CT molecular complexity index is 928. The summed E-state index contributed by atoms with van der Waals surface area (Å²) in [5, 5.41) is 3.17. The van der Waals surface area contributed by atoms with E-state index in [0.717, 1.165) is 16.8 Å². The molecular weight excluding hydrogens is 380 g/mol. The van der Waals surface area contributed by atoms with Crippen molar-refractivity contribution < 1.29 is 19.1 Å². The number of anilines is 2. The van der Waals surface area contributed by atoms with Gasteiger partial charge in [0.15, 0.2) is 6.61 Å². The molecule has 0 aliphatic carbocycles. The van der Waals surface area contributed by atoms with E-state index in [4.69, 9.17) is 16.3 Å². The zero-order chi connectivity index (χ0) is 20.3. The van der Waals surface area contributed by atoms with Gasteiger partial charge in [0, 0.05) is 29.4 Å². The molecule has 1 N–H and O–H groups in total. The fraction of sp³-hybridized carbons (Fsp3) is 0.286. The Balaban J connectivity index is 1.53. The van der Waals surface area contributed by atoms with Gasteiger partial charge in [0.1, 0.15) is 0 Å². The van der Waals surface area contributed by atoms with E-state index in [1.165, 1.54) is 0 Å². The van der Waals surface area contributed by atoms with Crippen molar-refractivity contribution in [3.05, 3.63) is 58.6 Å². The van der Waals surface area contributed by atoms with Gasteiger partial charge in [-0.25, -0.2) is 0 Å². The number of rotatable bonds is 5. The van der Waals surface area contributed by atoms with Gasteiger partial charge in [-0.1, -0.05) is 29.8 Å². The van der Waals surface area contributed by atoms with Crippen LogP contribution in [-0.4, -0.2) is 30.9 Å². The molecule has 1 aliphatic rings. The lowest BCUT2D eigenvalue weighted by molar-refractivity contribution is -0.151. The summed E-state index contributed by atoms with van der Waals surface area (Å²) in [6, 6.07) is 12.7. The third-order valence-corrected chi connectivity index (χ3v) is 4.98. The van der Waals surface area contributed by atoms with Crippen LogP contribution in [0.3, 0.4) is 0 Å². The predicted molar refractivity (Wildman–Crippen MR) is 107 cm³/mol. The van der Waals surface area contributed by atoms with Crippen molar-refractivity contribution in [1.82, 2.24) is 0 Å². The molecule has 1 fully saturated rings. The van der Waals surface area contributed by atoms with Crippen LogP contribution in [0.15, 0.2) is 42.5 Å². The Morgan fingerprint density at radius 2 is 2.00 bits per heavy atom. The molecule has 2 aromatic carbocycles. The fourth-order valence-corrected chi connectivity index (χ4v) is 3.21. The first-order valence-corrected chi connectivity index (χ1v) is 9.31. The maximum absolute atomic E-state index is 12.3. The summed E-state index contributed by atoms with van der Waals surface area (Å²) in [4.78, 5) is 38.1. The molecule has 6 nitrogen and oxygen atoms in total. The van der Waals surface area contributed by atoms with Gasteiger partial charge in [0.25, 0.3) is 5.91 Å². The second-order valence-electron chi connectivity index (χ2n) is 6.86. The molecular formula is C21H21ClN2O4. The molecule has 2 aromatic rings. The number of benzene rings is 2. The van der Waals surface area contributed by atoms with Crippen molar-refractivity contribution in [2.24, 2.45) is 5.92 Å². The van der Waals surface area contributed by atoms with E-state index in [1.54, 1.807) is 23.1 Å². The SMILES string of the molecule is Cc1cccc(N2C[C@@H](C(=O)OCC(=O)Nc3ccc(C)c(Cl)c3)CC2=O)c1. The average molecular weight is 401 g/mol. The van der Waals surface area contributed by atoms with Crippen molar-refractivity contribution in [3.63, 3.8) is 0 Å². The summed E-state index contributed by atoms with van der Waals surface area (Å²) in [6.45, 7) is 3.63. The topological polar surface area (TPSA) is 75.7 Å². The summed E-state index contributed by atoms with van der Waals surface area (Å²) >= 11 is 6.03. The number of amides is 2.